The van der Waals surface area contributed by atoms with Crippen LogP contribution in [0.15, 0.2) is 12.4 Å². The lowest BCUT2D eigenvalue weighted by Crippen LogP contribution is -2.44. The van der Waals surface area contributed by atoms with Gasteiger partial charge in [-0.15, -0.1) is 0 Å². The van der Waals surface area contributed by atoms with Crippen molar-refractivity contribution in [2.75, 3.05) is 32.7 Å². The normalized spacial score (nSPS) is 26.3. The number of carbonyl (C=O) groups is 1. The number of nitrogens with zero attached hydrogens (tertiary/aromatic N) is 5. The number of amides is 1. The van der Waals surface area contributed by atoms with E-state index < -0.39 is 24.9 Å². The molecule has 2 aliphatic heterocycles. The minimum absolute atomic E-state index is 0.0297. The maximum absolute atomic E-state index is 12.5. The standard InChI is InChI=1S/C23H30F3N5O4/c24-23(25,26)15-30-10-5-19(14-30)35-22(32)31-11-6-18(7-12-31)33-16-1-3-17(4-2-16)34-21-20(13-27)28-8-9-29-21/h8-9,16-19H,1-7,10-12,14-15H2. The molecule has 1 aromatic rings. The second-order valence-electron chi connectivity index (χ2n) is 9.31. The number of piperidine rings is 1. The Balaban J connectivity index is 1.13. The van der Waals surface area contributed by atoms with Crippen LogP contribution in [0.2, 0.25) is 0 Å². The van der Waals surface area contributed by atoms with Crippen LogP contribution in [0.25, 0.3) is 0 Å². The van der Waals surface area contributed by atoms with E-state index in [1.807, 2.05) is 6.07 Å². The number of hydrogen-bond donors (Lipinski definition) is 0. The number of likely N-dealkylation sites (tertiary alicyclic amines) is 2. The molecular weight excluding hydrogens is 467 g/mol. The van der Waals surface area contributed by atoms with Crippen molar-refractivity contribution in [3.05, 3.63) is 18.1 Å². The van der Waals surface area contributed by atoms with Gasteiger partial charge in [0.1, 0.15) is 18.3 Å². The monoisotopic (exact) mass is 497 g/mol. The van der Waals surface area contributed by atoms with Crippen LogP contribution in [-0.2, 0) is 9.47 Å². The lowest BCUT2D eigenvalue weighted by atomic mass is 9.94. The summed E-state index contributed by atoms with van der Waals surface area (Å²) in [7, 11) is 0. The van der Waals surface area contributed by atoms with E-state index in [-0.39, 0.29) is 43.0 Å². The third-order valence-corrected chi connectivity index (χ3v) is 6.65. The van der Waals surface area contributed by atoms with Crippen molar-refractivity contribution in [1.82, 2.24) is 19.8 Å². The molecule has 0 spiro atoms. The van der Waals surface area contributed by atoms with Gasteiger partial charge in [0.2, 0.25) is 5.69 Å². The Morgan fingerprint density at radius 1 is 0.971 bits per heavy atom. The van der Waals surface area contributed by atoms with Crippen LogP contribution < -0.4 is 4.74 Å². The highest BCUT2D eigenvalue weighted by molar-refractivity contribution is 5.68. The molecule has 1 aliphatic carbocycles. The van der Waals surface area contributed by atoms with Crippen LogP contribution in [0.1, 0.15) is 50.6 Å². The van der Waals surface area contributed by atoms with Gasteiger partial charge in [0, 0.05) is 38.6 Å². The summed E-state index contributed by atoms with van der Waals surface area (Å²) < 4.78 is 55.2. The Labute approximate surface area is 202 Å². The molecule has 1 amide bonds. The van der Waals surface area contributed by atoms with Crippen LogP contribution in [0.5, 0.6) is 5.88 Å². The van der Waals surface area contributed by atoms with Gasteiger partial charge < -0.3 is 19.1 Å². The molecule has 12 heteroatoms. The highest BCUT2D eigenvalue weighted by Gasteiger charge is 2.36. The Kier molecular flexibility index (Phi) is 8.28. The molecule has 4 rings (SSSR count). The molecule has 0 N–H and O–H groups in total. The number of ether oxygens (including phenoxy) is 3. The molecule has 35 heavy (non-hydrogen) atoms. The van der Waals surface area contributed by atoms with Gasteiger partial charge in [-0.25, -0.2) is 14.8 Å². The van der Waals surface area contributed by atoms with Crippen LogP contribution in [0.4, 0.5) is 18.0 Å². The zero-order valence-electron chi connectivity index (χ0n) is 19.5. The van der Waals surface area contributed by atoms with Gasteiger partial charge in [-0.2, -0.15) is 18.4 Å². The molecule has 2 saturated heterocycles. The molecule has 9 nitrogen and oxygen atoms in total. The number of nitriles is 1. The molecule has 1 atom stereocenters. The number of hydrogen-bond acceptors (Lipinski definition) is 8. The van der Waals surface area contributed by atoms with Crippen LogP contribution in [0, 0.1) is 11.3 Å². The predicted octanol–water partition coefficient (Wildman–Crippen LogP) is 3.29. The van der Waals surface area contributed by atoms with E-state index in [9.17, 15) is 18.0 Å². The van der Waals surface area contributed by atoms with E-state index in [0.717, 1.165) is 25.7 Å². The van der Waals surface area contributed by atoms with E-state index in [4.69, 9.17) is 19.5 Å². The Morgan fingerprint density at radius 2 is 1.60 bits per heavy atom. The quantitative estimate of drug-likeness (QED) is 0.590. The van der Waals surface area contributed by atoms with Gasteiger partial charge in [-0.05, 0) is 44.9 Å². The largest absolute Gasteiger partial charge is 0.472 e. The van der Waals surface area contributed by atoms with Crippen molar-refractivity contribution in [1.29, 1.82) is 5.26 Å². The molecule has 3 fully saturated rings. The first-order valence-electron chi connectivity index (χ1n) is 12.1. The highest BCUT2D eigenvalue weighted by atomic mass is 19.4. The van der Waals surface area contributed by atoms with Crippen molar-refractivity contribution in [2.24, 2.45) is 0 Å². The summed E-state index contributed by atoms with van der Waals surface area (Å²) in [6.07, 6.45) is 2.99. The van der Waals surface area contributed by atoms with Gasteiger partial charge in [0.05, 0.1) is 18.8 Å². The average Bonchev–Trinajstić information content (AvgIpc) is 3.26. The SMILES string of the molecule is N#Cc1nccnc1OC1CCC(OC2CCN(C(=O)OC3CCN(CC(F)(F)F)C3)CC2)CC1. The van der Waals surface area contributed by atoms with E-state index >= 15 is 0 Å². The first kappa shape index (κ1) is 25.4. The Morgan fingerprint density at radius 3 is 2.29 bits per heavy atom. The fourth-order valence-electron chi connectivity index (χ4n) is 4.89. The Bertz CT molecular complexity index is 896. The lowest BCUT2D eigenvalue weighted by Gasteiger charge is -2.36. The molecule has 1 unspecified atom stereocenters. The van der Waals surface area contributed by atoms with Gasteiger partial charge >= 0.3 is 12.3 Å². The molecule has 0 bridgehead atoms. The fraction of sp³-hybridized carbons (Fsp3) is 0.739. The van der Waals surface area contributed by atoms with Crippen molar-refractivity contribution in [3.8, 4) is 11.9 Å². The lowest BCUT2D eigenvalue weighted by molar-refractivity contribution is -0.144. The maximum Gasteiger partial charge on any atom is 0.410 e. The van der Waals surface area contributed by atoms with Crippen LogP contribution in [-0.4, -0.2) is 89.2 Å². The highest BCUT2D eigenvalue weighted by Crippen LogP contribution is 2.28. The third kappa shape index (κ3) is 7.41. The summed E-state index contributed by atoms with van der Waals surface area (Å²) >= 11 is 0. The van der Waals surface area contributed by atoms with Gasteiger partial charge in [0.25, 0.3) is 5.88 Å². The summed E-state index contributed by atoms with van der Waals surface area (Å²) in [5.41, 5.74) is 0.183. The van der Waals surface area contributed by atoms with Gasteiger partial charge in [-0.3, -0.25) is 4.90 Å². The zero-order chi connectivity index (χ0) is 24.8. The number of halogens is 3. The number of alkyl halides is 3. The Hall–Kier alpha value is -2.65. The number of aromatic nitrogens is 2. The molecular formula is C23H30F3N5O4. The summed E-state index contributed by atoms with van der Waals surface area (Å²) in [6.45, 7) is 0.430. The summed E-state index contributed by atoms with van der Waals surface area (Å²) in [4.78, 5) is 23.4. The van der Waals surface area contributed by atoms with Crippen molar-refractivity contribution >= 4 is 6.09 Å². The second-order valence-corrected chi connectivity index (χ2v) is 9.31. The molecule has 192 valence electrons. The van der Waals surface area contributed by atoms with Gasteiger partial charge in [0.15, 0.2) is 0 Å². The first-order valence-corrected chi connectivity index (χ1v) is 12.1. The predicted molar refractivity (Wildman–Crippen MR) is 116 cm³/mol. The zero-order valence-corrected chi connectivity index (χ0v) is 19.5. The van der Waals surface area contributed by atoms with E-state index in [2.05, 4.69) is 9.97 Å². The first-order chi connectivity index (χ1) is 16.8. The molecule has 1 saturated carbocycles. The fourth-order valence-corrected chi connectivity index (χ4v) is 4.89. The number of carbonyl (C=O) groups excluding carboxylic acids is 1. The van der Waals surface area contributed by atoms with Crippen LogP contribution in [0.3, 0.4) is 0 Å². The van der Waals surface area contributed by atoms with E-state index in [1.54, 1.807) is 4.90 Å². The molecule has 1 aromatic heterocycles. The maximum atomic E-state index is 12.5. The average molecular weight is 498 g/mol. The summed E-state index contributed by atoms with van der Waals surface area (Å²) in [5.74, 6) is 0.268. The summed E-state index contributed by atoms with van der Waals surface area (Å²) in [6, 6.07) is 1.99. The smallest absolute Gasteiger partial charge is 0.410 e. The topological polar surface area (TPSA) is 101 Å². The van der Waals surface area contributed by atoms with E-state index in [0.29, 0.717) is 32.4 Å². The van der Waals surface area contributed by atoms with Crippen molar-refractivity contribution < 1.29 is 32.2 Å². The minimum Gasteiger partial charge on any atom is -0.472 e. The number of rotatable bonds is 6. The minimum atomic E-state index is -4.25. The van der Waals surface area contributed by atoms with Crippen molar-refractivity contribution in [2.45, 2.75) is 75.5 Å². The third-order valence-electron chi connectivity index (χ3n) is 6.65. The van der Waals surface area contributed by atoms with E-state index in [1.165, 1.54) is 17.3 Å². The molecule has 0 aromatic carbocycles. The van der Waals surface area contributed by atoms with Gasteiger partial charge in [-0.1, -0.05) is 0 Å². The van der Waals surface area contributed by atoms with Crippen LogP contribution >= 0.6 is 0 Å². The molecule has 3 aliphatic rings. The molecule has 3 heterocycles. The molecule has 0 radical (unpaired) electrons. The second kappa shape index (κ2) is 11.4. The summed E-state index contributed by atoms with van der Waals surface area (Å²) in [5, 5.41) is 9.12. The van der Waals surface area contributed by atoms with Crippen molar-refractivity contribution in [3.63, 3.8) is 0 Å².